The summed E-state index contributed by atoms with van der Waals surface area (Å²) in [6.07, 6.45) is -7.40. The number of nitrogens with zero attached hydrogens (tertiary/aromatic N) is 5. The van der Waals surface area contributed by atoms with Crippen LogP contribution in [0.2, 0.25) is 5.02 Å². The first-order valence-corrected chi connectivity index (χ1v) is 22.0. The minimum absolute atomic E-state index is 0.00558. The van der Waals surface area contributed by atoms with Crippen molar-refractivity contribution in [3.63, 3.8) is 0 Å². The number of halogens is 11. The zero-order valence-corrected chi connectivity index (χ0v) is 35.5. The van der Waals surface area contributed by atoms with Gasteiger partial charge >= 0.3 is 12.4 Å². The van der Waals surface area contributed by atoms with Gasteiger partial charge in [-0.25, -0.2) is 22.5 Å². The molecule has 2 saturated carbocycles. The van der Waals surface area contributed by atoms with E-state index in [9.17, 15) is 44.5 Å². The number of carbonyl (C=O) groups excluding carboxylic acids is 1. The molecule has 62 heavy (non-hydrogen) atoms. The van der Waals surface area contributed by atoms with Gasteiger partial charge in [-0.15, -0.1) is 16.9 Å². The first kappa shape index (κ1) is 45.6. The predicted octanol–water partition coefficient (Wildman–Crippen LogP) is 8.94. The van der Waals surface area contributed by atoms with E-state index in [0.29, 0.717) is 15.8 Å². The zero-order valence-electron chi connectivity index (χ0n) is 33.2. The molecule has 3 heterocycles. The molecule has 2 aliphatic carbocycles. The number of nitrogens with one attached hydrogen (secondary N) is 2. The first-order chi connectivity index (χ1) is 28.8. The summed E-state index contributed by atoms with van der Waals surface area (Å²) in [7, 11) is 0. The molecule has 2 N–H and O–H groups in total. The van der Waals surface area contributed by atoms with Crippen molar-refractivity contribution in [2.75, 3.05) is 23.8 Å². The van der Waals surface area contributed by atoms with Crippen LogP contribution in [-0.2, 0) is 29.1 Å². The topological polar surface area (TPSA) is 110 Å². The quantitative estimate of drug-likeness (QED) is 0.0879. The molecule has 2 fully saturated rings. The Morgan fingerprint density at radius 1 is 1.06 bits per heavy atom. The lowest BCUT2D eigenvalue weighted by molar-refractivity contribution is -0.141. The molecule has 7 rings (SSSR count). The Morgan fingerprint density at radius 2 is 1.73 bits per heavy atom. The lowest BCUT2D eigenvalue weighted by Crippen LogP contribution is -2.50. The van der Waals surface area contributed by atoms with Crippen molar-refractivity contribution in [2.45, 2.75) is 68.8 Å². The number of carbonyl (C=O) groups is 1. The number of pyridine rings is 1. The minimum Gasteiger partial charge on any atom is -0.593 e. The van der Waals surface area contributed by atoms with Crippen LogP contribution in [0.25, 0.3) is 22.0 Å². The summed E-state index contributed by atoms with van der Waals surface area (Å²) in [5.74, 6) is -5.92. The SMILES string of the molecule is CSC(C)(C)C#Cc1ccc(-c2ccc(Cl)c3c(N[S+](C)[O-])nn(CC(F)(F)F)c23)c(C(Cc2cc(F)cc(F)c2)NC(=O)CN2N=C(C(F)(F)F)C3C4C(C)C4C(F)(F)C32)n1. The van der Waals surface area contributed by atoms with Crippen molar-refractivity contribution < 1.29 is 53.3 Å². The molecule has 1 amide bonds. The molecule has 9 nitrogen and oxygen atoms in total. The Labute approximate surface area is 360 Å². The maximum atomic E-state index is 15.8. The molecule has 4 aromatic rings. The fourth-order valence-electron chi connectivity index (χ4n) is 8.52. The van der Waals surface area contributed by atoms with Gasteiger partial charge in [-0.3, -0.25) is 14.5 Å². The molecule has 7 atom stereocenters. The summed E-state index contributed by atoms with van der Waals surface area (Å²) in [4.78, 5) is 18.8. The zero-order chi connectivity index (χ0) is 45.4. The highest BCUT2D eigenvalue weighted by molar-refractivity contribution is 8.00. The van der Waals surface area contributed by atoms with Gasteiger partial charge in [0.05, 0.1) is 43.8 Å². The van der Waals surface area contributed by atoms with Crippen LogP contribution in [0.5, 0.6) is 0 Å². The monoisotopic (exact) mass is 935 g/mol. The molecule has 2 aromatic heterocycles. The number of hydrogen-bond acceptors (Lipinski definition) is 8. The highest BCUT2D eigenvalue weighted by atomic mass is 35.5. The number of rotatable bonds is 11. The van der Waals surface area contributed by atoms with E-state index in [1.54, 1.807) is 0 Å². The van der Waals surface area contributed by atoms with Crippen molar-refractivity contribution in [2.24, 2.45) is 28.8 Å². The number of anilines is 1. The van der Waals surface area contributed by atoms with Gasteiger partial charge in [-0.2, -0.15) is 36.2 Å². The number of aromatic nitrogens is 3. The lowest BCUT2D eigenvalue weighted by atomic mass is 9.89. The average Bonchev–Trinajstić information content (AvgIpc) is 3.37. The van der Waals surface area contributed by atoms with Crippen LogP contribution in [-0.4, -0.2) is 84.1 Å². The summed E-state index contributed by atoms with van der Waals surface area (Å²) >= 11 is 6.10. The summed E-state index contributed by atoms with van der Waals surface area (Å²) in [5.41, 5.74) is -1.84. The highest BCUT2D eigenvalue weighted by Crippen LogP contribution is 2.70. The van der Waals surface area contributed by atoms with Crippen LogP contribution < -0.4 is 10.0 Å². The summed E-state index contributed by atoms with van der Waals surface area (Å²) in [5, 5.41) is 10.4. The van der Waals surface area contributed by atoms with Gasteiger partial charge in [0.2, 0.25) is 11.7 Å². The molecule has 0 spiro atoms. The summed E-state index contributed by atoms with van der Waals surface area (Å²) in [6, 6.07) is 4.36. The number of amides is 1. The number of alkyl halides is 8. The van der Waals surface area contributed by atoms with E-state index in [0.717, 1.165) is 12.1 Å². The van der Waals surface area contributed by atoms with Crippen LogP contribution in [0, 0.1) is 47.1 Å². The van der Waals surface area contributed by atoms with E-state index in [1.165, 1.54) is 49.2 Å². The highest BCUT2D eigenvalue weighted by Gasteiger charge is 2.80. The van der Waals surface area contributed by atoms with Crippen LogP contribution >= 0.6 is 23.4 Å². The van der Waals surface area contributed by atoms with Gasteiger partial charge < -0.3 is 9.87 Å². The fraction of sp³-hybridized carbons (Fsp3) is 0.450. The second-order valence-electron chi connectivity index (χ2n) is 15.9. The maximum absolute atomic E-state index is 15.8. The van der Waals surface area contributed by atoms with Crippen LogP contribution in [0.3, 0.4) is 0 Å². The van der Waals surface area contributed by atoms with Crippen molar-refractivity contribution in [1.29, 1.82) is 0 Å². The van der Waals surface area contributed by atoms with E-state index in [1.807, 2.05) is 20.1 Å². The first-order valence-electron chi connectivity index (χ1n) is 18.8. The van der Waals surface area contributed by atoms with Crippen LogP contribution in [0.15, 0.2) is 47.6 Å². The van der Waals surface area contributed by atoms with Gasteiger partial charge in [0, 0.05) is 29.0 Å². The predicted molar refractivity (Wildman–Crippen MR) is 216 cm³/mol. The van der Waals surface area contributed by atoms with Crippen LogP contribution in [0.4, 0.5) is 49.7 Å². The average molecular weight is 936 g/mol. The number of fused-ring (bicyclic) bond motifs is 4. The summed E-state index contributed by atoms with van der Waals surface area (Å²) in [6.45, 7) is 2.30. The Kier molecular flexibility index (Phi) is 12.0. The van der Waals surface area contributed by atoms with Crippen molar-refractivity contribution in [3.05, 3.63) is 76.1 Å². The van der Waals surface area contributed by atoms with Gasteiger partial charge in [-0.05, 0) is 80.2 Å². The Balaban J connectivity index is 1.39. The molecule has 7 unspecified atom stereocenters. The number of benzene rings is 2. The molecule has 332 valence electrons. The van der Waals surface area contributed by atoms with Crippen molar-refractivity contribution in [3.8, 4) is 23.0 Å². The molecule has 1 aliphatic heterocycles. The normalized spacial score (nSPS) is 22.7. The Morgan fingerprint density at radius 3 is 2.34 bits per heavy atom. The third-order valence-electron chi connectivity index (χ3n) is 11.2. The van der Waals surface area contributed by atoms with E-state index in [2.05, 4.69) is 32.1 Å². The molecular formula is C40H36ClF10N7O2S2. The van der Waals surface area contributed by atoms with E-state index in [-0.39, 0.29) is 49.8 Å². The Bertz CT molecular complexity index is 2500. The molecule has 0 radical (unpaired) electrons. The second kappa shape index (κ2) is 16.3. The van der Waals surface area contributed by atoms with E-state index < -0.39 is 113 Å². The standard InChI is InChI=1S/C40H36ClF10N7O2S2/c1-18-28-30-34(40(49,50)51)54-57(35(30)39(47,48)31(18)28)16-27(59)53-26(14-19-12-20(42)15-21(43)13-19)32-23(7-6-22(52-32)10-11-37(2,3)61-4)24-8-9-25(41)29-33(24)58(17-38(44,45)46)55-36(29)56-62(5)60/h6-9,12-13,15,18,26,28,30-31,35H,14,16-17H2,1-5H3,(H,53,59)(H,55,56). The van der Waals surface area contributed by atoms with Gasteiger partial charge in [0.25, 0.3) is 5.92 Å². The third-order valence-corrected chi connectivity index (χ3v) is 13.1. The molecular weight excluding hydrogens is 900 g/mol. The van der Waals surface area contributed by atoms with Crippen LogP contribution in [0.1, 0.15) is 43.8 Å². The van der Waals surface area contributed by atoms with Crippen molar-refractivity contribution >= 4 is 63.1 Å². The van der Waals surface area contributed by atoms with Gasteiger partial charge in [0.15, 0.2) is 0 Å². The van der Waals surface area contributed by atoms with Gasteiger partial charge in [0.1, 0.15) is 48.4 Å². The van der Waals surface area contributed by atoms with Crippen molar-refractivity contribution in [1.82, 2.24) is 25.1 Å². The minimum atomic E-state index is -5.08. The maximum Gasteiger partial charge on any atom is 0.431 e. The van der Waals surface area contributed by atoms with E-state index in [4.69, 9.17) is 16.6 Å². The third kappa shape index (κ3) is 9.02. The number of hydrogen-bond donors (Lipinski definition) is 2. The lowest BCUT2D eigenvalue weighted by Gasteiger charge is -2.31. The molecule has 0 bridgehead atoms. The molecule has 3 aliphatic rings. The fourth-order valence-corrected chi connectivity index (χ4v) is 9.33. The second-order valence-corrected chi connectivity index (χ2v) is 18.8. The molecule has 0 saturated heterocycles. The molecule has 22 heteroatoms. The van der Waals surface area contributed by atoms with Gasteiger partial charge in [-0.1, -0.05) is 30.5 Å². The number of thioether (sulfide) groups is 1. The largest absolute Gasteiger partial charge is 0.593 e. The van der Waals surface area contributed by atoms with E-state index >= 15 is 8.78 Å². The Hall–Kier alpha value is -4.39. The summed E-state index contributed by atoms with van der Waals surface area (Å²) < 4.78 is 161. The molecule has 2 aromatic carbocycles. The number of hydrazone groups is 1. The smallest absolute Gasteiger partial charge is 0.431 e.